The number of hydrogen-bond donors (Lipinski definition) is 1. The molecule has 0 aliphatic rings. The largest absolute Gasteiger partial charge is 0.377 e. The van der Waals surface area contributed by atoms with Crippen molar-refractivity contribution >= 4 is 16.3 Å². The van der Waals surface area contributed by atoms with Crippen LogP contribution in [-0.4, -0.2) is 26.9 Å². The molecule has 0 aliphatic carbocycles. The minimum atomic E-state index is 0.412. The van der Waals surface area contributed by atoms with E-state index < -0.39 is 0 Å². The lowest BCUT2D eigenvalue weighted by Crippen LogP contribution is -2.00. The quantitative estimate of drug-likeness (QED) is 0.740. The molecule has 2 aromatic heterocycles. The van der Waals surface area contributed by atoms with Crippen molar-refractivity contribution in [2.75, 3.05) is 7.11 Å². The highest BCUT2D eigenvalue weighted by molar-refractivity contribution is 7.16. The molecule has 70 valence electrons. The van der Waals surface area contributed by atoms with Crippen LogP contribution in [0.2, 0.25) is 0 Å². The molecule has 2 rings (SSSR count). The van der Waals surface area contributed by atoms with Crippen molar-refractivity contribution in [1.82, 2.24) is 19.8 Å². The SMILES string of the molecule is COCc1nnc2sc(CN)nn12. The Hall–Kier alpha value is -1.05. The molecule has 0 fully saturated rings. The smallest absolute Gasteiger partial charge is 0.234 e. The van der Waals surface area contributed by atoms with Crippen LogP contribution in [0, 0.1) is 0 Å². The van der Waals surface area contributed by atoms with Crippen LogP contribution in [0.4, 0.5) is 0 Å². The molecule has 2 heterocycles. The van der Waals surface area contributed by atoms with Gasteiger partial charge in [-0.1, -0.05) is 11.3 Å². The highest BCUT2D eigenvalue weighted by Gasteiger charge is 2.09. The van der Waals surface area contributed by atoms with Gasteiger partial charge in [0.1, 0.15) is 11.6 Å². The number of methoxy groups -OCH3 is 1. The van der Waals surface area contributed by atoms with Crippen LogP contribution in [-0.2, 0) is 17.9 Å². The van der Waals surface area contributed by atoms with Gasteiger partial charge in [-0.3, -0.25) is 0 Å². The van der Waals surface area contributed by atoms with Gasteiger partial charge in [-0.15, -0.1) is 10.2 Å². The Morgan fingerprint density at radius 2 is 2.38 bits per heavy atom. The average molecular weight is 199 g/mol. The lowest BCUT2D eigenvalue weighted by molar-refractivity contribution is 0.176. The average Bonchev–Trinajstić information content (AvgIpc) is 2.67. The molecular weight excluding hydrogens is 190 g/mol. The van der Waals surface area contributed by atoms with Gasteiger partial charge in [0.25, 0.3) is 0 Å². The van der Waals surface area contributed by atoms with E-state index in [4.69, 9.17) is 10.5 Å². The van der Waals surface area contributed by atoms with Crippen LogP contribution in [0.1, 0.15) is 10.8 Å². The van der Waals surface area contributed by atoms with E-state index in [9.17, 15) is 0 Å². The summed E-state index contributed by atoms with van der Waals surface area (Å²) in [6, 6.07) is 0. The van der Waals surface area contributed by atoms with Crippen LogP contribution in [0.25, 0.3) is 4.96 Å². The monoisotopic (exact) mass is 199 g/mol. The Kier molecular flexibility index (Phi) is 2.21. The molecule has 0 unspecified atom stereocenters. The van der Waals surface area contributed by atoms with Crippen LogP contribution in [0.15, 0.2) is 0 Å². The molecule has 2 N–H and O–H groups in total. The molecule has 6 nitrogen and oxygen atoms in total. The van der Waals surface area contributed by atoms with Gasteiger partial charge >= 0.3 is 0 Å². The second-order valence-electron chi connectivity index (χ2n) is 2.44. The maximum Gasteiger partial charge on any atom is 0.234 e. The number of nitrogens with two attached hydrogens (primary N) is 1. The first kappa shape index (κ1) is 8.54. The normalized spacial score (nSPS) is 11.2. The van der Waals surface area contributed by atoms with Crippen molar-refractivity contribution in [1.29, 1.82) is 0 Å². The zero-order chi connectivity index (χ0) is 9.26. The first-order chi connectivity index (χ1) is 6.35. The van der Waals surface area contributed by atoms with Gasteiger partial charge in [-0.25, -0.2) is 0 Å². The lowest BCUT2D eigenvalue weighted by atomic mass is 10.7. The summed E-state index contributed by atoms with van der Waals surface area (Å²) >= 11 is 1.44. The van der Waals surface area contributed by atoms with Crippen molar-refractivity contribution in [3.05, 3.63) is 10.8 Å². The summed E-state index contributed by atoms with van der Waals surface area (Å²) in [4.78, 5) is 0.757. The Balaban J connectivity index is 2.46. The number of rotatable bonds is 3. The fourth-order valence-corrected chi connectivity index (χ4v) is 1.73. The minimum Gasteiger partial charge on any atom is -0.377 e. The Bertz CT molecular complexity index is 408. The Labute approximate surface area is 78.3 Å². The van der Waals surface area contributed by atoms with Crippen LogP contribution in [0.5, 0.6) is 0 Å². The summed E-state index contributed by atoms with van der Waals surface area (Å²) in [7, 11) is 1.61. The molecule has 7 heteroatoms. The summed E-state index contributed by atoms with van der Waals surface area (Å²) in [5.74, 6) is 0.702. The van der Waals surface area contributed by atoms with Crippen molar-refractivity contribution < 1.29 is 4.74 Å². The number of aromatic nitrogens is 4. The third-order valence-corrected chi connectivity index (χ3v) is 2.47. The van der Waals surface area contributed by atoms with Crippen molar-refractivity contribution in [2.24, 2.45) is 5.73 Å². The van der Waals surface area contributed by atoms with E-state index in [1.54, 1.807) is 11.6 Å². The van der Waals surface area contributed by atoms with Crippen LogP contribution < -0.4 is 5.73 Å². The van der Waals surface area contributed by atoms with E-state index >= 15 is 0 Å². The maximum atomic E-state index is 5.45. The van der Waals surface area contributed by atoms with Crippen LogP contribution >= 0.6 is 11.3 Å². The first-order valence-corrected chi connectivity index (χ1v) is 4.56. The molecule has 0 radical (unpaired) electrons. The molecule has 0 amide bonds. The van der Waals surface area contributed by atoms with Crippen molar-refractivity contribution in [2.45, 2.75) is 13.2 Å². The van der Waals surface area contributed by atoms with Gasteiger partial charge < -0.3 is 10.5 Å². The van der Waals surface area contributed by atoms with Gasteiger partial charge in [-0.05, 0) is 0 Å². The molecule has 0 bridgehead atoms. The zero-order valence-corrected chi connectivity index (χ0v) is 7.91. The van der Waals surface area contributed by atoms with Gasteiger partial charge in [0.05, 0.1) is 0 Å². The second-order valence-corrected chi connectivity index (χ2v) is 3.48. The topological polar surface area (TPSA) is 78.3 Å². The molecule has 0 spiro atoms. The summed E-state index contributed by atoms with van der Waals surface area (Å²) in [6.45, 7) is 0.843. The minimum absolute atomic E-state index is 0.412. The molecule has 2 aromatic rings. The highest BCUT2D eigenvalue weighted by Crippen LogP contribution is 2.13. The summed E-state index contributed by atoms with van der Waals surface area (Å²) in [5.41, 5.74) is 5.45. The standard InChI is InChI=1S/C6H9N5OS/c1-12-3-4-8-9-6-11(4)10-5(2-7)13-6/h2-3,7H2,1H3. The Morgan fingerprint density at radius 3 is 3.08 bits per heavy atom. The number of ether oxygens (including phenoxy) is 1. The molecule has 0 saturated heterocycles. The predicted octanol–water partition coefficient (Wildman–Crippen LogP) is -0.209. The number of nitrogens with zero attached hydrogens (tertiary/aromatic N) is 4. The molecule has 0 atom stereocenters. The maximum absolute atomic E-state index is 5.45. The van der Waals surface area contributed by atoms with E-state index in [1.165, 1.54) is 11.3 Å². The van der Waals surface area contributed by atoms with E-state index in [0.29, 0.717) is 19.0 Å². The summed E-state index contributed by atoms with van der Waals surface area (Å²) < 4.78 is 6.61. The van der Waals surface area contributed by atoms with Crippen molar-refractivity contribution in [3.8, 4) is 0 Å². The predicted molar refractivity (Wildman–Crippen MR) is 47.3 cm³/mol. The number of fused-ring (bicyclic) bond motifs is 1. The second kappa shape index (κ2) is 3.36. The zero-order valence-electron chi connectivity index (χ0n) is 7.10. The van der Waals surface area contributed by atoms with Gasteiger partial charge in [0, 0.05) is 13.7 Å². The van der Waals surface area contributed by atoms with Gasteiger partial charge in [0.2, 0.25) is 4.96 Å². The van der Waals surface area contributed by atoms with Gasteiger partial charge in [0.15, 0.2) is 5.82 Å². The molecule has 0 aliphatic heterocycles. The van der Waals surface area contributed by atoms with E-state index in [0.717, 1.165) is 9.97 Å². The third kappa shape index (κ3) is 1.41. The summed E-state index contributed by atoms with van der Waals surface area (Å²) in [6.07, 6.45) is 0. The fourth-order valence-electron chi connectivity index (χ4n) is 0.999. The number of hydrogen-bond acceptors (Lipinski definition) is 6. The van der Waals surface area contributed by atoms with E-state index in [-0.39, 0.29) is 0 Å². The van der Waals surface area contributed by atoms with Crippen LogP contribution in [0.3, 0.4) is 0 Å². The van der Waals surface area contributed by atoms with E-state index in [2.05, 4.69) is 15.3 Å². The molecular formula is C6H9N5OS. The molecule has 13 heavy (non-hydrogen) atoms. The first-order valence-electron chi connectivity index (χ1n) is 3.74. The van der Waals surface area contributed by atoms with Crippen molar-refractivity contribution in [3.63, 3.8) is 0 Å². The molecule has 0 aromatic carbocycles. The fraction of sp³-hybridized carbons (Fsp3) is 0.500. The summed E-state index contributed by atoms with van der Waals surface area (Å²) in [5, 5.41) is 12.9. The van der Waals surface area contributed by atoms with Gasteiger partial charge in [-0.2, -0.15) is 9.61 Å². The van der Waals surface area contributed by atoms with E-state index in [1.807, 2.05) is 0 Å². The third-order valence-electron chi connectivity index (χ3n) is 1.55. The Morgan fingerprint density at radius 1 is 1.54 bits per heavy atom. The molecule has 0 saturated carbocycles. The lowest BCUT2D eigenvalue weighted by Gasteiger charge is -1.91. The highest BCUT2D eigenvalue weighted by atomic mass is 32.1.